The van der Waals surface area contributed by atoms with Crippen molar-refractivity contribution in [3.63, 3.8) is 0 Å². The number of anilines is 2. The predicted molar refractivity (Wildman–Crippen MR) is 113 cm³/mol. The van der Waals surface area contributed by atoms with Crippen LogP contribution in [0.3, 0.4) is 0 Å². The van der Waals surface area contributed by atoms with Crippen LogP contribution in [0.5, 0.6) is 0 Å². The Bertz CT molecular complexity index is 1170. The quantitative estimate of drug-likeness (QED) is 0.328. The molecule has 0 saturated carbocycles. The molecule has 4 heterocycles. The van der Waals surface area contributed by atoms with Crippen LogP contribution in [0.2, 0.25) is 0 Å². The Morgan fingerprint density at radius 3 is 2.58 bits per heavy atom. The Morgan fingerprint density at radius 1 is 1.15 bits per heavy atom. The molecule has 1 atom stereocenters. The SMILES string of the molecule is CC[C@@H]1C(=N)N(C=N)c2cnc(-n3ccnc3-c3ccc(F)cn3)nc2N1CCC(F)(F)F. The lowest BCUT2D eigenvalue weighted by molar-refractivity contribution is -0.132. The first kappa shape index (κ1) is 22.3. The average molecular weight is 461 g/mol. The molecule has 0 spiro atoms. The molecule has 1 aliphatic rings. The standard InChI is InChI=1S/C20H19F4N9/c1-2-14-16(26)33(11-25)15-10-29-19(30-18(15)31(14)7-5-20(22,23)24)32-8-6-27-17(32)13-4-3-12(21)9-28-13/h3-4,6,8-11,14,25-26H,2,5,7H2,1H3/t14-/m1/s1. The van der Waals surface area contributed by atoms with Crippen LogP contribution in [0.15, 0.2) is 36.9 Å². The van der Waals surface area contributed by atoms with Gasteiger partial charge in [-0.05, 0) is 18.6 Å². The summed E-state index contributed by atoms with van der Waals surface area (Å²) < 4.78 is 53.8. The third kappa shape index (κ3) is 4.25. The minimum Gasteiger partial charge on any atom is -0.344 e. The summed E-state index contributed by atoms with van der Waals surface area (Å²) >= 11 is 0. The number of imidazole rings is 1. The Kier molecular flexibility index (Phi) is 5.78. The fraction of sp³-hybridized carbons (Fsp3) is 0.300. The molecule has 0 aromatic carbocycles. The van der Waals surface area contributed by atoms with Gasteiger partial charge in [-0.15, -0.1) is 0 Å². The lowest BCUT2D eigenvalue weighted by Crippen LogP contribution is -2.53. The topological polar surface area (TPSA) is 111 Å². The first-order valence-electron chi connectivity index (χ1n) is 9.98. The zero-order valence-electron chi connectivity index (χ0n) is 17.4. The smallest absolute Gasteiger partial charge is 0.344 e. The predicted octanol–water partition coefficient (Wildman–Crippen LogP) is 3.81. The van der Waals surface area contributed by atoms with Gasteiger partial charge in [0.25, 0.3) is 0 Å². The molecular weight excluding hydrogens is 442 g/mol. The molecule has 0 radical (unpaired) electrons. The van der Waals surface area contributed by atoms with Gasteiger partial charge < -0.3 is 4.90 Å². The monoisotopic (exact) mass is 461 g/mol. The lowest BCUT2D eigenvalue weighted by Gasteiger charge is -2.42. The van der Waals surface area contributed by atoms with E-state index in [0.717, 1.165) is 12.5 Å². The van der Waals surface area contributed by atoms with E-state index in [-0.39, 0.29) is 23.3 Å². The summed E-state index contributed by atoms with van der Waals surface area (Å²) in [6.45, 7) is 1.35. The maximum atomic E-state index is 13.3. The number of hydrogen-bond donors (Lipinski definition) is 2. The largest absolute Gasteiger partial charge is 0.390 e. The van der Waals surface area contributed by atoms with E-state index in [0.29, 0.717) is 17.9 Å². The van der Waals surface area contributed by atoms with E-state index in [4.69, 9.17) is 10.8 Å². The first-order chi connectivity index (χ1) is 15.7. The number of amidine groups is 1. The van der Waals surface area contributed by atoms with E-state index < -0.39 is 31.0 Å². The second-order valence-electron chi connectivity index (χ2n) is 7.23. The number of fused-ring (bicyclic) bond motifs is 1. The maximum absolute atomic E-state index is 13.3. The maximum Gasteiger partial charge on any atom is 0.390 e. The summed E-state index contributed by atoms with van der Waals surface area (Å²) in [5.41, 5.74) is 0.582. The van der Waals surface area contributed by atoms with Gasteiger partial charge in [0.1, 0.15) is 23.0 Å². The first-order valence-corrected chi connectivity index (χ1v) is 9.98. The molecule has 3 aromatic rings. The van der Waals surface area contributed by atoms with Gasteiger partial charge in [0.2, 0.25) is 5.95 Å². The third-order valence-corrected chi connectivity index (χ3v) is 5.18. The van der Waals surface area contributed by atoms with Crippen molar-refractivity contribution in [3.8, 4) is 17.5 Å². The Hall–Kier alpha value is -3.90. The van der Waals surface area contributed by atoms with Gasteiger partial charge in [-0.3, -0.25) is 20.3 Å². The van der Waals surface area contributed by atoms with E-state index >= 15 is 0 Å². The second kappa shape index (κ2) is 8.56. The van der Waals surface area contributed by atoms with Gasteiger partial charge in [0.05, 0.1) is 31.2 Å². The zero-order chi connectivity index (χ0) is 23.8. The van der Waals surface area contributed by atoms with Crippen molar-refractivity contribution in [2.24, 2.45) is 0 Å². The van der Waals surface area contributed by atoms with E-state index in [1.807, 2.05) is 0 Å². The van der Waals surface area contributed by atoms with Gasteiger partial charge in [0, 0.05) is 18.9 Å². The molecular formula is C20H19F4N9. The van der Waals surface area contributed by atoms with Crippen LogP contribution in [0.4, 0.5) is 29.1 Å². The Balaban J connectivity index is 1.81. The average Bonchev–Trinajstić information content (AvgIpc) is 3.27. The molecule has 0 amide bonds. The number of halogens is 4. The highest BCUT2D eigenvalue weighted by Crippen LogP contribution is 2.36. The van der Waals surface area contributed by atoms with Crippen LogP contribution >= 0.6 is 0 Å². The number of hydrogen-bond acceptors (Lipinski definition) is 7. The molecule has 33 heavy (non-hydrogen) atoms. The van der Waals surface area contributed by atoms with Crippen LogP contribution in [-0.2, 0) is 0 Å². The van der Waals surface area contributed by atoms with Gasteiger partial charge in [0.15, 0.2) is 11.6 Å². The Morgan fingerprint density at radius 2 is 1.94 bits per heavy atom. The molecule has 13 heteroatoms. The minimum atomic E-state index is -4.39. The van der Waals surface area contributed by atoms with Gasteiger partial charge in [-0.1, -0.05) is 6.92 Å². The second-order valence-corrected chi connectivity index (χ2v) is 7.23. The highest BCUT2D eigenvalue weighted by atomic mass is 19.4. The third-order valence-electron chi connectivity index (χ3n) is 5.18. The highest BCUT2D eigenvalue weighted by Gasteiger charge is 2.38. The number of pyridine rings is 1. The molecule has 4 rings (SSSR count). The molecule has 3 aromatic heterocycles. The van der Waals surface area contributed by atoms with Crippen LogP contribution in [-0.4, -0.2) is 55.4 Å². The van der Waals surface area contributed by atoms with Gasteiger partial charge in [-0.25, -0.2) is 19.3 Å². The van der Waals surface area contributed by atoms with E-state index in [1.165, 1.54) is 38.9 Å². The summed E-state index contributed by atoms with van der Waals surface area (Å²) in [5.74, 6) is 0.0514. The van der Waals surface area contributed by atoms with Crippen molar-refractivity contribution in [1.29, 1.82) is 10.8 Å². The molecule has 1 aliphatic heterocycles. The number of rotatable bonds is 6. The molecule has 0 fully saturated rings. The van der Waals surface area contributed by atoms with Crippen molar-refractivity contribution in [1.82, 2.24) is 24.5 Å². The fourth-order valence-corrected chi connectivity index (χ4v) is 3.66. The van der Waals surface area contributed by atoms with Crippen molar-refractivity contribution in [3.05, 3.63) is 42.7 Å². The molecule has 0 saturated heterocycles. The molecule has 0 aliphatic carbocycles. The van der Waals surface area contributed by atoms with Crippen molar-refractivity contribution >= 4 is 23.7 Å². The van der Waals surface area contributed by atoms with Crippen molar-refractivity contribution < 1.29 is 17.6 Å². The molecule has 9 nitrogen and oxygen atoms in total. The minimum absolute atomic E-state index is 0.0302. The van der Waals surface area contributed by atoms with Gasteiger partial charge in [-0.2, -0.15) is 18.2 Å². The summed E-state index contributed by atoms with van der Waals surface area (Å²) in [6.07, 6.45) is 1.20. The summed E-state index contributed by atoms with van der Waals surface area (Å²) in [4.78, 5) is 19.7. The Labute approximate surface area is 185 Å². The highest BCUT2D eigenvalue weighted by molar-refractivity contribution is 6.16. The van der Waals surface area contributed by atoms with Crippen LogP contribution in [0.1, 0.15) is 19.8 Å². The van der Waals surface area contributed by atoms with E-state index in [1.54, 1.807) is 13.1 Å². The van der Waals surface area contributed by atoms with Crippen molar-refractivity contribution in [2.45, 2.75) is 32.0 Å². The number of alkyl halides is 3. The zero-order valence-corrected chi connectivity index (χ0v) is 17.4. The molecule has 0 bridgehead atoms. The summed E-state index contributed by atoms with van der Waals surface area (Å²) in [7, 11) is 0. The molecule has 172 valence electrons. The number of aromatic nitrogens is 5. The summed E-state index contributed by atoms with van der Waals surface area (Å²) in [6, 6.07) is 1.96. The lowest BCUT2D eigenvalue weighted by atomic mass is 10.1. The normalized spacial score (nSPS) is 16.2. The number of nitrogens with one attached hydrogen (secondary N) is 2. The number of nitrogens with zero attached hydrogens (tertiary/aromatic N) is 7. The van der Waals surface area contributed by atoms with Crippen LogP contribution in [0, 0.1) is 16.6 Å². The van der Waals surface area contributed by atoms with Crippen LogP contribution < -0.4 is 9.80 Å². The van der Waals surface area contributed by atoms with E-state index in [9.17, 15) is 17.6 Å². The summed E-state index contributed by atoms with van der Waals surface area (Å²) in [5, 5.41) is 16.1. The molecule has 2 N–H and O–H groups in total. The van der Waals surface area contributed by atoms with Gasteiger partial charge >= 0.3 is 6.18 Å². The fourth-order valence-electron chi connectivity index (χ4n) is 3.66. The van der Waals surface area contributed by atoms with Crippen molar-refractivity contribution in [2.75, 3.05) is 16.3 Å². The van der Waals surface area contributed by atoms with Crippen LogP contribution in [0.25, 0.3) is 17.5 Å². The molecule has 0 unspecified atom stereocenters. The van der Waals surface area contributed by atoms with E-state index in [2.05, 4.69) is 19.9 Å².